The van der Waals surface area contributed by atoms with Crippen LogP contribution in [0, 0.1) is 0 Å². The van der Waals surface area contributed by atoms with Gasteiger partial charge in [-0.25, -0.2) is 9.78 Å². The van der Waals surface area contributed by atoms with E-state index in [1.54, 1.807) is 27.9 Å². The van der Waals surface area contributed by atoms with E-state index in [1.807, 2.05) is 44.3 Å². The summed E-state index contributed by atoms with van der Waals surface area (Å²) in [6.45, 7) is 5.25. The zero-order valence-corrected chi connectivity index (χ0v) is 23.1. The molecule has 4 rings (SSSR count). The Morgan fingerprint density at radius 2 is 1.75 bits per heavy atom. The molecule has 0 radical (unpaired) electrons. The van der Waals surface area contributed by atoms with Gasteiger partial charge in [0.05, 0.1) is 30.9 Å². The number of aromatic nitrogens is 2. The van der Waals surface area contributed by atoms with Crippen molar-refractivity contribution in [2.75, 3.05) is 33.9 Å². The number of nitrogens with zero attached hydrogens (tertiary/aromatic N) is 3. The van der Waals surface area contributed by atoms with Crippen LogP contribution in [0.1, 0.15) is 55.5 Å². The van der Waals surface area contributed by atoms with E-state index < -0.39 is 24.2 Å². The summed E-state index contributed by atoms with van der Waals surface area (Å²) in [7, 11) is 2.64. The number of carbonyl (C=O) groups excluding carboxylic acids is 2. The van der Waals surface area contributed by atoms with E-state index in [-0.39, 0.29) is 29.1 Å². The minimum atomic E-state index is -4.56. The van der Waals surface area contributed by atoms with E-state index in [2.05, 4.69) is 4.98 Å². The van der Waals surface area contributed by atoms with Gasteiger partial charge in [-0.2, -0.15) is 13.2 Å². The summed E-state index contributed by atoms with van der Waals surface area (Å²) < 4.78 is 56.0. The highest BCUT2D eigenvalue weighted by Crippen LogP contribution is 2.35. The molecule has 1 unspecified atom stereocenters. The minimum Gasteiger partial charge on any atom is -0.496 e. The van der Waals surface area contributed by atoms with Gasteiger partial charge in [0.15, 0.2) is 0 Å². The van der Waals surface area contributed by atoms with E-state index in [0.29, 0.717) is 18.8 Å². The standard InChI is InChI=1S/C28H33F3N4O5/c1-27(2,3)40-26(37)34-10-6-7-18(14-34)17-8-9-21-20(11-17)33-16-35(21)19-12-22(38-4)24(23(13-19)39-5)25(36)32-15-28(29,30)31/h8-9,11-13,16,18H,6-7,10,14-15H2,1-5H3,(H,32,36). The number of hydrogen-bond donors (Lipinski definition) is 1. The fraction of sp³-hybridized carbons (Fsp3) is 0.464. The molecule has 1 fully saturated rings. The molecule has 0 aliphatic carbocycles. The van der Waals surface area contributed by atoms with Crippen LogP contribution >= 0.6 is 0 Å². The largest absolute Gasteiger partial charge is 0.496 e. The van der Waals surface area contributed by atoms with Crippen LogP contribution in [0.15, 0.2) is 36.7 Å². The Balaban J connectivity index is 1.61. The molecule has 1 N–H and O–H groups in total. The Bertz CT molecular complexity index is 1370. The molecule has 2 amide bonds. The first kappa shape index (κ1) is 29.0. The molecule has 0 saturated carbocycles. The molecule has 1 atom stereocenters. The van der Waals surface area contributed by atoms with E-state index in [4.69, 9.17) is 14.2 Å². The van der Waals surface area contributed by atoms with E-state index in [9.17, 15) is 22.8 Å². The number of imidazole rings is 1. The predicted octanol–water partition coefficient (Wildman–Crippen LogP) is 5.45. The van der Waals surface area contributed by atoms with Crippen LogP contribution in [0.4, 0.5) is 18.0 Å². The van der Waals surface area contributed by atoms with Crippen molar-refractivity contribution in [3.05, 3.63) is 47.8 Å². The molecule has 3 aromatic rings. The number of halogens is 3. The van der Waals surface area contributed by atoms with E-state index in [0.717, 1.165) is 29.4 Å². The Hall–Kier alpha value is -3.96. The van der Waals surface area contributed by atoms with Crippen molar-refractivity contribution >= 4 is 23.0 Å². The SMILES string of the molecule is COc1cc(-n2cnc3cc(C4CCCN(C(=O)OC(C)(C)C)C4)ccc32)cc(OC)c1C(=O)NCC(F)(F)F. The number of alkyl halides is 3. The summed E-state index contributed by atoms with van der Waals surface area (Å²) in [6.07, 6.45) is -1.48. The fourth-order valence-electron chi connectivity index (χ4n) is 4.76. The number of carbonyl (C=O) groups is 2. The van der Waals surface area contributed by atoms with Crippen molar-refractivity contribution < 1.29 is 37.0 Å². The summed E-state index contributed by atoms with van der Waals surface area (Å²) >= 11 is 0. The zero-order valence-electron chi connectivity index (χ0n) is 23.1. The molecule has 9 nitrogen and oxygen atoms in total. The first-order chi connectivity index (χ1) is 18.8. The third-order valence-corrected chi connectivity index (χ3v) is 6.56. The third kappa shape index (κ3) is 6.60. The lowest BCUT2D eigenvalue weighted by Crippen LogP contribution is -2.42. The average molecular weight is 563 g/mol. The summed E-state index contributed by atoms with van der Waals surface area (Å²) in [5, 5.41) is 1.86. The van der Waals surface area contributed by atoms with Gasteiger partial charge in [-0.15, -0.1) is 0 Å². The molecule has 1 aliphatic heterocycles. The number of likely N-dealkylation sites (tertiary alicyclic amines) is 1. The highest BCUT2D eigenvalue weighted by molar-refractivity contribution is 6.00. The Labute approximate surface area is 230 Å². The molecule has 1 saturated heterocycles. The highest BCUT2D eigenvalue weighted by Gasteiger charge is 2.31. The molecule has 0 bridgehead atoms. The first-order valence-electron chi connectivity index (χ1n) is 12.9. The van der Waals surface area contributed by atoms with Crippen molar-refractivity contribution in [1.29, 1.82) is 0 Å². The van der Waals surface area contributed by atoms with Crippen molar-refractivity contribution in [1.82, 2.24) is 19.8 Å². The Morgan fingerprint density at radius 3 is 2.35 bits per heavy atom. The lowest BCUT2D eigenvalue weighted by atomic mass is 9.90. The van der Waals surface area contributed by atoms with Crippen LogP contribution in [0.25, 0.3) is 16.7 Å². The minimum absolute atomic E-state index is 0.0527. The van der Waals surface area contributed by atoms with E-state index in [1.165, 1.54) is 14.2 Å². The number of hydrogen-bond acceptors (Lipinski definition) is 6. The molecule has 1 aliphatic rings. The van der Waals surface area contributed by atoms with Crippen molar-refractivity contribution in [3.63, 3.8) is 0 Å². The van der Waals surface area contributed by atoms with Crippen LogP contribution in [0.5, 0.6) is 11.5 Å². The third-order valence-electron chi connectivity index (χ3n) is 6.56. The highest BCUT2D eigenvalue weighted by atomic mass is 19.4. The van der Waals surface area contributed by atoms with Crippen LogP contribution in [0.2, 0.25) is 0 Å². The predicted molar refractivity (Wildman–Crippen MR) is 142 cm³/mol. The molecule has 2 aromatic carbocycles. The van der Waals surface area contributed by atoms with Gasteiger partial charge in [0.2, 0.25) is 0 Å². The number of ether oxygens (including phenoxy) is 3. The lowest BCUT2D eigenvalue weighted by Gasteiger charge is -2.34. The van der Waals surface area contributed by atoms with Crippen LogP contribution in [0.3, 0.4) is 0 Å². The van der Waals surface area contributed by atoms with Gasteiger partial charge in [-0.1, -0.05) is 6.07 Å². The Kier molecular flexibility index (Phi) is 8.18. The summed E-state index contributed by atoms with van der Waals surface area (Å²) in [5.74, 6) is -0.731. The van der Waals surface area contributed by atoms with Crippen molar-refractivity contribution in [2.24, 2.45) is 0 Å². The van der Waals surface area contributed by atoms with Gasteiger partial charge >= 0.3 is 12.3 Å². The van der Waals surface area contributed by atoms with Gasteiger partial charge in [0.1, 0.15) is 35.5 Å². The van der Waals surface area contributed by atoms with E-state index >= 15 is 0 Å². The molecule has 40 heavy (non-hydrogen) atoms. The van der Waals surface area contributed by atoms with Gasteiger partial charge < -0.3 is 24.4 Å². The lowest BCUT2D eigenvalue weighted by molar-refractivity contribution is -0.123. The van der Waals surface area contributed by atoms with Crippen LogP contribution < -0.4 is 14.8 Å². The first-order valence-corrected chi connectivity index (χ1v) is 12.9. The molecule has 216 valence electrons. The maximum absolute atomic E-state index is 12.6. The van der Waals surface area contributed by atoms with Gasteiger partial charge in [-0.3, -0.25) is 9.36 Å². The maximum Gasteiger partial charge on any atom is 0.410 e. The second-order valence-corrected chi connectivity index (χ2v) is 10.7. The topological polar surface area (TPSA) is 94.9 Å². The summed E-state index contributed by atoms with van der Waals surface area (Å²) in [6, 6.07) is 8.99. The second kappa shape index (κ2) is 11.3. The Morgan fingerprint density at radius 1 is 1.07 bits per heavy atom. The van der Waals surface area contributed by atoms with Crippen LogP contribution in [-0.4, -0.2) is 72.1 Å². The quantitative estimate of drug-likeness (QED) is 0.430. The van der Waals surface area contributed by atoms with Gasteiger partial charge in [0, 0.05) is 31.1 Å². The van der Waals surface area contributed by atoms with Crippen LogP contribution in [-0.2, 0) is 4.74 Å². The average Bonchev–Trinajstić information content (AvgIpc) is 3.33. The number of nitrogens with one attached hydrogen (secondary N) is 1. The number of amides is 2. The number of methoxy groups -OCH3 is 2. The molecular weight excluding hydrogens is 529 g/mol. The number of piperidine rings is 1. The molecule has 2 heterocycles. The fourth-order valence-corrected chi connectivity index (χ4v) is 4.76. The smallest absolute Gasteiger partial charge is 0.410 e. The number of fused-ring (bicyclic) bond motifs is 1. The molecule has 1 aromatic heterocycles. The number of benzene rings is 2. The molecule has 12 heteroatoms. The van der Waals surface area contributed by atoms with Gasteiger partial charge in [-0.05, 0) is 51.3 Å². The normalized spacial score (nSPS) is 16.1. The summed E-state index contributed by atoms with van der Waals surface area (Å²) in [4.78, 5) is 31.5. The van der Waals surface area contributed by atoms with Crippen molar-refractivity contribution in [2.45, 2.75) is 51.3 Å². The second-order valence-electron chi connectivity index (χ2n) is 10.7. The number of rotatable bonds is 6. The monoisotopic (exact) mass is 562 g/mol. The molecular formula is C28H33F3N4O5. The van der Waals surface area contributed by atoms with Gasteiger partial charge in [0.25, 0.3) is 5.91 Å². The summed E-state index contributed by atoms with van der Waals surface area (Å²) in [5.41, 5.74) is 2.38. The molecule has 0 spiro atoms. The zero-order chi connectivity index (χ0) is 29.2. The maximum atomic E-state index is 12.6. The van der Waals surface area contributed by atoms with Crippen molar-refractivity contribution in [3.8, 4) is 17.2 Å².